The Morgan fingerprint density at radius 2 is 1.69 bits per heavy atom. The summed E-state index contributed by atoms with van der Waals surface area (Å²) >= 11 is 12.0. The van der Waals surface area contributed by atoms with E-state index in [4.69, 9.17) is 23.2 Å². The normalized spacial score (nSPS) is 14.3. The largest absolute Gasteiger partial charge is 0.506 e. The number of halogens is 2. The van der Waals surface area contributed by atoms with Crippen LogP contribution in [0.25, 0.3) is 0 Å². The first-order chi connectivity index (χ1) is 16.8. The summed E-state index contributed by atoms with van der Waals surface area (Å²) in [6, 6.07) is 12.7. The Kier molecular flexibility index (Phi) is 7.75. The van der Waals surface area contributed by atoms with E-state index in [-0.39, 0.29) is 22.0 Å². The second kappa shape index (κ2) is 10.9. The number of hydrogen-bond acceptors (Lipinski definition) is 6. The van der Waals surface area contributed by atoms with Crippen molar-refractivity contribution in [2.75, 3.05) is 48.8 Å². The lowest BCUT2D eigenvalue weighted by Crippen LogP contribution is -2.29. The maximum Gasteiger partial charge on any atom is 0.257 e. The van der Waals surface area contributed by atoms with Crippen molar-refractivity contribution in [3.63, 3.8) is 0 Å². The van der Waals surface area contributed by atoms with Gasteiger partial charge in [0.05, 0.1) is 16.8 Å². The van der Waals surface area contributed by atoms with Gasteiger partial charge in [0, 0.05) is 47.6 Å². The smallest absolute Gasteiger partial charge is 0.257 e. The summed E-state index contributed by atoms with van der Waals surface area (Å²) in [7, 11) is 2.10. The molecule has 3 aromatic rings. The molecule has 182 valence electrons. The molecule has 2 heterocycles. The molecule has 1 aliphatic heterocycles. The summed E-state index contributed by atoms with van der Waals surface area (Å²) in [6.07, 6.45) is 2.52. The van der Waals surface area contributed by atoms with Gasteiger partial charge in [-0.15, -0.1) is 0 Å². The molecule has 0 atom stereocenters. The van der Waals surface area contributed by atoms with E-state index in [2.05, 4.69) is 32.5 Å². The maximum absolute atomic E-state index is 12.9. The van der Waals surface area contributed by atoms with Crippen molar-refractivity contribution in [3.05, 3.63) is 75.9 Å². The van der Waals surface area contributed by atoms with Gasteiger partial charge in [-0.25, -0.2) is 4.98 Å². The Morgan fingerprint density at radius 1 is 0.914 bits per heavy atom. The standard InChI is InChI=1S/C25H25Cl2N5O3/c1-31-9-2-10-32(12-11-31)22-8-3-16(15-28-22)24(34)30-23-20(13-18(27)14-21(23)33)25(35)29-19-6-4-17(26)5-7-19/h3-8,13-15,33H,2,9-12H2,1H3,(H,29,35)(H,30,34). The zero-order valence-corrected chi connectivity index (χ0v) is 20.6. The zero-order valence-electron chi connectivity index (χ0n) is 19.1. The number of anilines is 3. The van der Waals surface area contributed by atoms with Crippen molar-refractivity contribution >= 4 is 52.2 Å². The summed E-state index contributed by atoms with van der Waals surface area (Å²) in [4.78, 5) is 34.8. The summed E-state index contributed by atoms with van der Waals surface area (Å²) in [5, 5.41) is 16.5. The maximum atomic E-state index is 12.9. The van der Waals surface area contributed by atoms with E-state index >= 15 is 0 Å². The summed E-state index contributed by atoms with van der Waals surface area (Å²) in [6.45, 7) is 3.74. The summed E-state index contributed by atoms with van der Waals surface area (Å²) < 4.78 is 0. The van der Waals surface area contributed by atoms with Crippen LogP contribution in [0.4, 0.5) is 17.2 Å². The Bertz CT molecular complexity index is 1220. The molecule has 1 aliphatic rings. The van der Waals surface area contributed by atoms with Gasteiger partial charge in [0.1, 0.15) is 11.6 Å². The van der Waals surface area contributed by atoms with Gasteiger partial charge in [0.2, 0.25) is 0 Å². The number of rotatable bonds is 5. The number of phenolic OH excluding ortho intramolecular Hbond substituents is 1. The van der Waals surface area contributed by atoms with Crippen molar-refractivity contribution in [2.45, 2.75) is 6.42 Å². The molecule has 2 aromatic carbocycles. The number of aromatic nitrogens is 1. The molecule has 1 fully saturated rings. The Morgan fingerprint density at radius 3 is 2.40 bits per heavy atom. The van der Waals surface area contributed by atoms with E-state index in [1.807, 2.05) is 0 Å². The van der Waals surface area contributed by atoms with Crippen LogP contribution < -0.4 is 15.5 Å². The third-order valence-electron chi connectivity index (χ3n) is 5.72. The van der Waals surface area contributed by atoms with Gasteiger partial charge >= 0.3 is 0 Å². The fourth-order valence-electron chi connectivity index (χ4n) is 3.80. The van der Waals surface area contributed by atoms with Crippen LogP contribution in [0.15, 0.2) is 54.7 Å². The minimum absolute atomic E-state index is 0.0107. The first-order valence-corrected chi connectivity index (χ1v) is 11.9. The number of phenols is 1. The minimum atomic E-state index is -0.556. The highest BCUT2D eigenvalue weighted by molar-refractivity contribution is 6.32. The second-order valence-electron chi connectivity index (χ2n) is 8.31. The quantitative estimate of drug-likeness (QED) is 0.426. The highest BCUT2D eigenvalue weighted by Gasteiger charge is 2.20. The molecule has 0 saturated carbocycles. The Balaban J connectivity index is 1.51. The molecule has 35 heavy (non-hydrogen) atoms. The first-order valence-electron chi connectivity index (χ1n) is 11.1. The van der Waals surface area contributed by atoms with Gasteiger partial charge in [0.25, 0.3) is 11.8 Å². The molecule has 10 heteroatoms. The predicted molar refractivity (Wildman–Crippen MR) is 139 cm³/mol. The van der Waals surface area contributed by atoms with Crippen molar-refractivity contribution < 1.29 is 14.7 Å². The Hall–Kier alpha value is -3.33. The topological polar surface area (TPSA) is 97.8 Å². The van der Waals surface area contributed by atoms with Crippen LogP contribution in [0.3, 0.4) is 0 Å². The van der Waals surface area contributed by atoms with Gasteiger partial charge in [-0.2, -0.15) is 0 Å². The van der Waals surface area contributed by atoms with Crippen molar-refractivity contribution in [2.24, 2.45) is 0 Å². The molecular weight excluding hydrogens is 489 g/mol. The van der Waals surface area contributed by atoms with Crippen LogP contribution >= 0.6 is 23.2 Å². The molecule has 0 aliphatic carbocycles. The minimum Gasteiger partial charge on any atom is -0.506 e. The summed E-state index contributed by atoms with van der Waals surface area (Å²) in [5.74, 6) is -0.600. The van der Waals surface area contributed by atoms with Crippen LogP contribution in [0, 0.1) is 0 Å². The molecule has 1 saturated heterocycles. The first kappa shape index (κ1) is 24.8. The van der Waals surface area contributed by atoms with Crippen molar-refractivity contribution in [1.82, 2.24) is 9.88 Å². The highest BCUT2D eigenvalue weighted by Crippen LogP contribution is 2.33. The fourth-order valence-corrected chi connectivity index (χ4v) is 4.14. The average molecular weight is 514 g/mol. The SMILES string of the molecule is CN1CCCN(c2ccc(C(=O)Nc3c(O)cc(Cl)cc3C(=O)Nc3ccc(Cl)cc3)cn2)CC1. The highest BCUT2D eigenvalue weighted by atomic mass is 35.5. The van der Waals surface area contributed by atoms with Crippen LogP contribution in [-0.2, 0) is 0 Å². The second-order valence-corrected chi connectivity index (χ2v) is 9.18. The van der Waals surface area contributed by atoms with Gasteiger partial charge in [-0.1, -0.05) is 23.2 Å². The van der Waals surface area contributed by atoms with Crippen LogP contribution in [0.2, 0.25) is 10.0 Å². The lowest BCUT2D eigenvalue weighted by molar-refractivity contribution is 0.102. The third-order valence-corrected chi connectivity index (χ3v) is 6.19. The Labute approximate surface area is 213 Å². The molecule has 3 N–H and O–H groups in total. The lowest BCUT2D eigenvalue weighted by Gasteiger charge is -2.21. The molecular formula is C25H25Cl2N5O3. The number of aromatic hydroxyl groups is 1. The molecule has 0 bridgehead atoms. The van der Waals surface area contributed by atoms with Gasteiger partial charge in [0.15, 0.2) is 0 Å². The van der Waals surface area contributed by atoms with E-state index in [0.29, 0.717) is 16.3 Å². The molecule has 4 rings (SSSR count). The number of likely N-dealkylation sites (N-methyl/N-ethyl adjacent to an activating group) is 1. The van der Waals surface area contributed by atoms with E-state index in [9.17, 15) is 14.7 Å². The number of nitrogens with zero attached hydrogens (tertiary/aromatic N) is 3. The van der Waals surface area contributed by atoms with Crippen LogP contribution in [0.5, 0.6) is 5.75 Å². The van der Waals surface area contributed by atoms with Crippen molar-refractivity contribution in [3.8, 4) is 5.75 Å². The predicted octanol–water partition coefficient (Wildman–Crippen LogP) is 4.74. The lowest BCUT2D eigenvalue weighted by atomic mass is 10.1. The third kappa shape index (κ3) is 6.22. The number of carbonyl (C=O) groups is 2. The monoisotopic (exact) mass is 513 g/mol. The van der Waals surface area contributed by atoms with E-state index in [1.165, 1.54) is 18.3 Å². The van der Waals surface area contributed by atoms with E-state index < -0.39 is 11.8 Å². The molecule has 1 aromatic heterocycles. The zero-order chi connectivity index (χ0) is 24.9. The molecule has 2 amide bonds. The van der Waals surface area contributed by atoms with Crippen LogP contribution in [-0.4, -0.2) is 60.0 Å². The average Bonchev–Trinajstić information content (AvgIpc) is 3.06. The van der Waals surface area contributed by atoms with Crippen LogP contribution in [0.1, 0.15) is 27.1 Å². The number of benzene rings is 2. The van der Waals surface area contributed by atoms with E-state index in [1.54, 1.807) is 36.4 Å². The number of amides is 2. The van der Waals surface area contributed by atoms with Gasteiger partial charge in [-0.05, 0) is 62.5 Å². The van der Waals surface area contributed by atoms with Crippen molar-refractivity contribution in [1.29, 1.82) is 0 Å². The van der Waals surface area contributed by atoms with Gasteiger partial charge in [-0.3, -0.25) is 9.59 Å². The van der Waals surface area contributed by atoms with Gasteiger partial charge < -0.3 is 25.5 Å². The summed E-state index contributed by atoms with van der Waals surface area (Å²) in [5.41, 5.74) is 0.747. The molecule has 0 radical (unpaired) electrons. The molecule has 8 nitrogen and oxygen atoms in total. The number of carbonyl (C=O) groups excluding carboxylic acids is 2. The van der Waals surface area contributed by atoms with E-state index in [0.717, 1.165) is 38.4 Å². The number of pyridine rings is 1. The molecule has 0 unspecified atom stereocenters. The molecule has 0 spiro atoms. The number of hydrogen-bond donors (Lipinski definition) is 3. The number of nitrogens with one attached hydrogen (secondary N) is 2. The fraction of sp³-hybridized carbons (Fsp3) is 0.240.